The first-order valence-corrected chi connectivity index (χ1v) is 11.4. The van der Waals surface area contributed by atoms with Gasteiger partial charge in [-0.1, -0.05) is 41.4 Å². The Morgan fingerprint density at radius 1 is 1.06 bits per heavy atom. The highest BCUT2D eigenvalue weighted by molar-refractivity contribution is 8.18. The molecule has 32 heavy (non-hydrogen) atoms. The molecule has 10 heteroatoms. The van der Waals surface area contributed by atoms with Gasteiger partial charge in [0.1, 0.15) is 6.54 Å². The zero-order valence-corrected chi connectivity index (χ0v) is 19.2. The Labute approximate surface area is 199 Å². The Bertz CT molecular complexity index is 1080. The van der Waals surface area contributed by atoms with Gasteiger partial charge in [-0.2, -0.15) is 0 Å². The maximum absolute atomic E-state index is 12.8. The second-order valence-electron chi connectivity index (χ2n) is 7.07. The van der Waals surface area contributed by atoms with Crippen molar-refractivity contribution in [2.45, 2.75) is 0 Å². The molecule has 2 heterocycles. The van der Waals surface area contributed by atoms with Gasteiger partial charge in [0.15, 0.2) is 0 Å². The van der Waals surface area contributed by atoms with Gasteiger partial charge < -0.3 is 15.0 Å². The van der Waals surface area contributed by atoms with Gasteiger partial charge in [0.05, 0.1) is 29.5 Å². The number of thioether (sulfide) groups is 1. The highest BCUT2D eigenvalue weighted by atomic mass is 35.5. The van der Waals surface area contributed by atoms with Crippen LogP contribution in [0.1, 0.15) is 5.56 Å². The lowest BCUT2D eigenvalue weighted by atomic mass is 10.2. The molecule has 0 atom stereocenters. The van der Waals surface area contributed by atoms with Crippen LogP contribution < -0.4 is 10.2 Å². The van der Waals surface area contributed by atoms with Crippen LogP contribution in [0.5, 0.6) is 0 Å². The van der Waals surface area contributed by atoms with Crippen molar-refractivity contribution < 1.29 is 19.1 Å². The summed E-state index contributed by atoms with van der Waals surface area (Å²) in [7, 11) is 0. The highest BCUT2D eigenvalue weighted by Crippen LogP contribution is 2.35. The highest BCUT2D eigenvalue weighted by Gasteiger charge is 2.36. The quantitative estimate of drug-likeness (QED) is 0.620. The van der Waals surface area contributed by atoms with Crippen LogP contribution in [-0.4, -0.2) is 54.8 Å². The third-order valence-electron chi connectivity index (χ3n) is 4.98. The molecule has 1 N–H and O–H groups in total. The largest absolute Gasteiger partial charge is 0.378 e. The van der Waals surface area contributed by atoms with Crippen LogP contribution in [0.3, 0.4) is 0 Å². The van der Waals surface area contributed by atoms with Crippen molar-refractivity contribution in [3.8, 4) is 0 Å². The SMILES string of the molecule is O=C(CN1C(=O)S/C(=C/c2c(Cl)cccc2Cl)C1=O)Nc1ccccc1N1CCOCC1. The van der Waals surface area contributed by atoms with Gasteiger partial charge in [0, 0.05) is 28.7 Å². The van der Waals surface area contributed by atoms with Crippen LogP contribution in [-0.2, 0) is 14.3 Å². The molecule has 7 nitrogen and oxygen atoms in total. The van der Waals surface area contributed by atoms with Crippen LogP contribution in [0.15, 0.2) is 47.4 Å². The summed E-state index contributed by atoms with van der Waals surface area (Å²) in [6, 6.07) is 12.4. The first kappa shape index (κ1) is 22.7. The summed E-state index contributed by atoms with van der Waals surface area (Å²) in [5.41, 5.74) is 1.93. The van der Waals surface area contributed by atoms with Gasteiger partial charge in [-0.05, 0) is 42.1 Å². The number of amides is 3. The minimum Gasteiger partial charge on any atom is -0.378 e. The van der Waals surface area contributed by atoms with Gasteiger partial charge in [-0.25, -0.2) is 0 Å². The summed E-state index contributed by atoms with van der Waals surface area (Å²) in [6.07, 6.45) is 1.47. The number of hydrogen-bond acceptors (Lipinski definition) is 6. The minimum atomic E-state index is -0.562. The molecular weight excluding hydrogens is 473 g/mol. The van der Waals surface area contributed by atoms with Crippen molar-refractivity contribution in [3.63, 3.8) is 0 Å². The van der Waals surface area contributed by atoms with E-state index in [0.29, 0.717) is 47.6 Å². The van der Waals surface area contributed by atoms with Crippen molar-refractivity contribution in [3.05, 3.63) is 63.0 Å². The first-order chi connectivity index (χ1) is 15.4. The third-order valence-corrected chi connectivity index (χ3v) is 6.55. The zero-order chi connectivity index (χ0) is 22.7. The van der Waals surface area contributed by atoms with Crippen LogP contribution in [0.4, 0.5) is 16.2 Å². The normalized spacial score (nSPS) is 17.9. The summed E-state index contributed by atoms with van der Waals surface area (Å²) in [5, 5.41) is 3.02. The number of imide groups is 1. The smallest absolute Gasteiger partial charge is 0.294 e. The van der Waals surface area contributed by atoms with Crippen LogP contribution >= 0.6 is 35.0 Å². The fraction of sp³-hybridized carbons (Fsp3) is 0.227. The van der Waals surface area contributed by atoms with E-state index in [4.69, 9.17) is 27.9 Å². The Morgan fingerprint density at radius 2 is 1.75 bits per heavy atom. The molecule has 3 amide bonds. The zero-order valence-electron chi connectivity index (χ0n) is 16.8. The van der Waals surface area contributed by atoms with E-state index in [1.54, 1.807) is 24.3 Å². The second kappa shape index (κ2) is 9.95. The van der Waals surface area contributed by atoms with Crippen molar-refractivity contribution in [1.29, 1.82) is 0 Å². The molecule has 2 aromatic rings. The number of rotatable bonds is 5. The number of nitrogens with one attached hydrogen (secondary N) is 1. The van der Waals surface area contributed by atoms with Crippen LogP contribution in [0, 0.1) is 0 Å². The third kappa shape index (κ3) is 4.94. The van der Waals surface area contributed by atoms with Crippen molar-refractivity contribution >= 4 is 69.5 Å². The molecule has 0 saturated carbocycles. The molecule has 4 rings (SSSR count). The van der Waals surface area contributed by atoms with Crippen LogP contribution in [0.2, 0.25) is 10.0 Å². The lowest BCUT2D eigenvalue weighted by molar-refractivity contribution is -0.127. The Morgan fingerprint density at radius 3 is 2.47 bits per heavy atom. The van der Waals surface area contributed by atoms with E-state index in [2.05, 4.69) is 10.2 Å². The maximum atomic E-state index is 12.8. The first-order valence-electron chi connectivity index (χ1n) is 9.85. The summed E-state index contributed by atoms with van der Waals surface area (Å²) in [4.78, 5) is 41.1. The molecule has 0 radical (unpaired) electrons. The molecule has 2 saturated heterocycles. The standard InChI is InChI=1S/C22H19Cl2N3O4S/c23-15-4-3-5-16(24)14(15)12-19-21(29)27(22(30)32-19)13-20(28)25-17-6-1-2-7-18(17)26-8-10-31-11-9-26/h1-7,12H,8-11,13H2,(H,25,28)/b19-12+. The molecule has 166 valence electrons. The average molecular weight is 492 g/mol. The minimum absolute atomic E-state index is 0.159. The number of carbonyl (C=O) groups excluding carboxylic acids is 3. The number of carbonyl (C=O) groups is 3. The number of para-hydroxylation sites is 2. The van der Waals surface area contributed by atoms with E-state index >= 15 is 0 Å². The number of anilines is 2. The molecule has 2 aliphatic heterocycles. The van der Waals surface area contributed by atoms with E-state index < -0.39 is 23.6 Å². The molecule has 0 unspecified atom stereocenters. The molecule has 0 aliphatic carbocycles. The molecule has 2 fully saturated rings. The number of benzene rings is 2. The predicted molar refractivity (Wildman–Crippen MR) is 127 cm³/mol. The Balaban J connectivity index is 1.47. The van der Waals surface area contributed by atoms with Crippen molar-refractivity contribution in [1.82, 2.24) is 4.90 Å². The number of ether oxygens (including phenoxy) is 1. The number of halogens is 2. The van der Waals surface area contributed by atoms with Gasteiger partial charge in [0.25, 0.3) is 11.1 Å². The Kier molecular flexibility index (Phi) is 7.05. The number of hydrogen-bond donors (Lipinski definition) is 1. The molecular formula is C22H19Cl2N3O4S. The molecule has 2 aromatic carbocycles. The molecule has 2 aliphatic rings. The molecule has 0 aromatic heterocycles. The summed E-state index contributed by atoms with van der Waals surface area (Å²) in [6.45, 7) is 2.26. The van der Waals surface area contributed by atoms with Gasteiger partial charge in [0.2, 0.25) is 5.91 Å². The maximum Gasteiger partial charge on any atom is 0.294 e. The number of nitrogens with zero attached hydrogens (tertiary/aromatic N) is 2. The van der Waals surface area contributed by atoms with E-state index in [1.807, 2.05) is 18.2 Å². The van der Waals surface area contributed by atoms with Crippen LogP contribution in [0.25, 0.3) is 6.08 Å². The fourth-order valence-corrected chi connectivity index (χ4v) is 4.74. The summed E-state index contributed by atoms with van der Waals surface area (Å²) in [5.74, 6) is -1.03. The fourth-order valence-electron chi connectivity index (χ4n) is 3.41. The summed E-state index contributed by atoms with van der Waals surface area (Å²) >= 11 is 13.1. The lowest BCUT2D eigenvalue weighted by Gasteiger charge is -2.30. The van der Waals surface area contributed by atoms with Gasteiger partial charge in [-0.15, -0.1) is 0 Å². The van der Waals surface area contributed by atoms with Crippen molar-refractivity contribution in [2.24, 2.45) is 0 Å². The topological polar surface area (TPSA) is 79.0 Å². The second-order valence-corrected chi connectivity index (χ2v) is 8.88. The summed E-state index contributed by atoms with van der Waals surface area (Å²) < 4.78 is 5.39. The van der Waals surface area contributed by atoms with Gasteiger partial charge >= 0.3 is 0 Å². The average Bonchev–Trinajstić information content (AvgIpc) is 3.04. The monoisotopic (exact) mass is 491 g/mol. The Hall–Kier alpha value is -2.52. The van der Waals surface area contributed by atoms with E-state index in [-0.39, 0.29) is 4.91 Å². The van der Waals surface area contributed by atoms with E-state index in [9.17, 15) is 14.4 Å². The molecule has 0 spiro atoms. The van der Waals surface area contributed by atoms with Crippen molar-refractivity contribution in [2.75, 3.05) is 43.1 Å². The molecule has 0 bridgehead atoms. The lowest BCUT2D eigenvalue weighted by Crippen LogP contribution is -2.38. The van der Waals surface area contributed by atoms with Gasteiger partial charge in [-0.3, -0.25) is 19.3 Å². The number of morpholine rings is 1. The van der Waals surface area contributed by atoms with E-state index in [1.165, 1.54) is 6.08 Å². The predicted octanol–water partition coefficient (Wildman–Crippen LogP) is 4.51. The van der Waals surface area contributed by atoms with E-state index in [0.717, 1.165) is 22.3 Å².